The van der Waals surface area contributed by atoms with Gasteiger partial charge in [-0.15, -0.1) is 0 Å². The molecule has 0 saturated carbocycles. The first-order chi connectivity index (χ1) is 10.1. The molecule has 0 bridgehead atoms. The molecule has 5 nitrogen and oxygen atoms in total. The van der Waals surface area contributed by atoms with Crippen molar-refractivity contribution < 1.29 is 14.3 Å². The highest BCUT2D eigenvalue weighted by molar-refractivity contribution is 5.87. The number of ether oxygens (including phenoxy) is 1. The van der Waals surface area contributed by atoms with Crippen LogP contribution in [0.15, 0.2) is 30.3 Å². The van der Waals surface area contributed by atoms with Gasteiger partial charge in [0.05, 0.1) is 13.2 Å². The van der Waals surface area contributed by atoms with Gasteiger partial charge < -0.3 is 15.0 Å². The second-order valence-electron chi connectivity index (χ2n) is 5.20. The molecule has 0 radical (unpaired) electrons. The first-order valence-electron chi connectivity index (χ1n) is 7.36. The van der Waals surface area contributed by atoms with Crippen LogP contribution in [0.1, 0.15) is 31.9 Å². The monoisotopic (exact) mass is 290 g/mol. The molecule has 5 heteroatoms. The van der Waals surface area contributed by atoms with Crippen LogP contribution in [-0.2, 0) is 14.3 Å². The molecule has 2 amide bonds. The van der Waals surface area contributed by atoms with Gasteiger partial charge in [-0.05, 0) is 12.5 Å². The zero-order chi connectivity index (χ0) is 15.2. The van der Waals surface area contributed by atoms with Crippen LogP contribution in [-0.4, -0.2) is 42.5 Å². The number of benzene rings is 1. The molecule has 1 unspecified atom stereocenters. The lowest BCUT2D eigenvalue weighted by Crippen LogP contribution is -2.51. The number of morpholine rings is 1. The Morgan fingerprint density at radius 2 is 2.10 bits per heavy atom. The highest BCUT2D eigenvalue weighted by Gasteiger charge is 2.28. The van der Waals surface area contributed by atoms with Crippen LogP contribution in [0.25, 0.3) is 0 Å². The number of carbonyl (C=O) groups excluding carboxylic acids is 2. The normalized spacial score (nSPS) is 19.9. The van der Waals surface area contributed by atoms with Gasteiger partial charge in [0, 0.05) is 13.0 Å². The zero-order valence-electron chi connectivity index (χ0n) is 12.5. The Labute approximate surface area is 125 Å². The van der Waals surface area contributed by atoms with E-state index in [2.05, 4.69) is 5.32 Å². The van der Waals surface area contributed by atoms with Gasteiger partial charge in [0.15, 0.2) is 0 Å². The number of nitrogens with zero attached hydrogens (tertiary/aromatic N) is 1. The van der Waals surface area contributed by atoms with Crippen molar-refractivity contribution in [3.8, 4) is 0 Å². The third-order valence-corrected chi connectivity index (χ3v) is 3.62. The number of rotatable bonds is 4. The molecule has 1 fully saturated rings. The van der Waals surface area contributed by atoms with Crippen molar-refractivity contribution >= 4 is 11.8 Å². The van der Waals surface area contributed by atoms with Crippen LogP contribution in [0.4, 0.5) is 0 Å². The van der Waals surface area contributed by atoms with E-state index >= 15 is 0 Å². The van der Waals surface area contributed by atoms with Gasteiger partial charge >= 0.3 is 0 Å². The second-order valence-corrected chi connectivity index (χ2v) is 5.20. The lowest BCUT2D eigenvalue weighted by atomic mass is 10.1. The fourth-order valence-corrected chi connectivity index (χ4v) is 2.40. The highest BCUT2D eigenvalue weighted by atomic mass is 16.5. The quantitative estimate of drug-likeness (QED) is 0.914. The van der Waals surface area contributed by atoms with E-state index in [0.29, 0.717) is 26.1 Å². The van der Waals surface area contributed by atoms with Crippen molar-refractivity contribution in [3.63, 3.8) is 0 Å². The van der Waals surface area contributed by atoms with Crippen molar-refractivity contribution in [2.24, 2.45) is 0 Å². The molecule has 1 aliphatic rings. The third kappa shape index (κ3) is 4.04. The molecule has 2 rings (SSSR count). The molecule has 1 saturated heterocycles. The van der Waals surface area contributed by atoms with E-state index < -0.39 is 6.04 Å². The molecule has 114 valence electrons. The summed E-state index contributed by atoms with van der Waals surface area (Å²) in [5.41, 5.74) is 1.07. The molecule has 1 N–H and O–H groups in total. The molecule has 1 aromatic rings. The molecule has 0 aromatic heterocycles. The first kappa shape index (κ1) is 15.5. The number of hydrogen-bond donors (Lipinski definition) is 1. The van der Waals surface area contributed by atoms with Crippen LogP contribution in [0.3, 0.4) is 0 Å². The summed E-state index contributed by atoms with van der Waals surface area (Å²) in [7, 11) is 0. The summed E-state index contributed by atoms with van der Waals surface area (Å²) in [5, 5.41) is 2.71. The van der Waals surface area contributed by atoms with Gasteiger partial charge in [-0.3, -0.25) is 9.59 Å². The summed E-state index contributed by atoms with van der Waals surface area (Å²) in [4.78, 5) is 25.5. The molecule has 0 spiro atoms. The number of hydrogen-bond acceptors (Lipinski definition) is 3. The average Bonchev–Trinajstić information content (AvgIpc) is 2.54. The largest absolute Gasteiger partial charge is 0.370 e. The molecular formula is C16H22N2O3. The molecular weight excluding hydrogens is 268 g/mol. The average molecular weight is 290 g/mol. The van der Waals surface area contributed by atoms with Crippen LogP contribution < -0.4 is 5.32 Å². The molecule has 1 aromatic carbocycles. The molecule has 1 aliphatic heterocycles. The SMILES string of the molecule is CCC(=O)N[C@@H](C)C(=O)N1CCOC(c2ccccc2)C1. The minimum atomic E-state index is -0.494. The summed E-state index contributed by atoms with van der Waals surface area (Å²) >= 11 is 0. The van der Waals surface area contributed by atoms with Crippen LogP contribution in [0, 0.1) is 0 Å². The van der Waals surface area contributed by atoms with E-state index in [1.165, 1.54) is 0 Å². The topological polar surface area (TPSA) is 58.6 Å². The summed E-state index contributed by atoms with van der Waals surface area (Å²) < 4.78 is 5.75. The highest BCUT2D eigenvalue weighted by Crippen LogP contribution is 2.22. The van der Waals surface area contributed by atoms with Gasteiger partial charge in [0.1, 0.15) is 12.1 Å². The Hall–Kier alpha value is -1.88. The Bertz CT molecular complexity index is 490. The van der Waals surface area contributed by atoms with Crippen molar-refractivity contribution in [1.29, 1.82) is 0 Å². The number of amides is 2. The number of nitrogens with one attached hydrogen (secondary N) is 1. The van der Waals surface area contributed by atoms with Gasteiger partial charge in [-0.25, -0.2) is 0 Å². The molecule has 1 heterocycles. The zero-order valence-corrected chi connectivity index (χ0v) is 12.5. The summed E-state index contributed by atoms with van der Waals surface area (Å²) in [5.74, 6) is -0.162. The predicted molar refractivity (Wildman–Crippen MR) is 79.6 cm³/mol. The van der Waals surface area contributed by atoms with Gasteiger partial charge in [-0.2, -0.15) is 0 Å². The molecule has 0 aliphatic carbocycles. The van der Waals surface area contributed by atoms with Crippen molar-refractivity contribution in [2.75, 3.05) is 19.7 Å². The maximum absolute atomic E-state index is 12.4. The Morgan fingerprint density at radius 1 is 1.38 bits per heavy atom. The smallest absolute Gasteiger partial charge is 0.245 e. The van der Waals surface area contributed by atoms with E-state index in [-0.39, 0.29) is 17.9 Å². The van der Waals surface area contributed by atoms with E-state index in [0.717, 1.165) is 5.56 Å². The summed E-state index contributed by atoms with van der Waals surface area (Å²) in [6.07, 6.45) is 0.283. The van der Waals surface area contributed by atoms with E-state index in [1.54, 1.807) is 18.7 Å². The first-order valence-corrected chi connectivity index (χ1v) is 7.36. The lowest BCUT2D eigenvalue weighted by Gasteiger charge is -2.34. The predicted octanol–water partition coefficient (Wildman–Crippen LogP) is 1.50. The van der Waals surface area contributed by atoms with Gasteiger partial charge in [-0.1, -0.05) is 37.3 Å². The van der Waals surface area contributed by atoms with Gasteiger partial charge in [0.2, 0.25) is 11.8 Å². The maximum atomic E-state index is 12.4. The standard InChI is InChI=1S/C16H22N2O3/c1-3-15(19)17-12(2)16(20)18-9-10-21-14(11-18)13-7-5-4-6-8-13/h4-8,12,14H,3,9-11H2,1-2H3,(H,17,19)/t12-,14?/m0/s1. The maximum Gasteiger partial charge on any atom is 0.245 e. The molecule has 2 atom stereocenters. The van der Waals surface area contributed by atoms with E-state index in [9.17, 15) is 9.59 Å². The minimum absolute atomic E-state index is 0.0546. The fraction of sp³-hybridized carbons (Fsp3) is 0.500. The van der Waals surface area contributed by atoms with Crippen LogP contribution >= 0.6 is 0 Å². The summed E-state index contributed by atoms with van der Waals surface area (Å²) in [6.45, 7) is 5.10. The molecule has 21 heavy (non-hydrogen) atoms. The third-order valence-electron chi connectivity index (χ3n) is 3.62. The lowest BCUT2D eigenvalue weighted by molar-refractivity contribution is -0.142. The minimum Gasteiger partial charge on any atom is -0.370 e. The van der Waals surface area contributed by atoms with Crippen molar-refractivity contribution in [2.45, 2.75) is 32.4 Å². The van der Waals surface area contributed by atoms with Crippen LogP contribution in [0.2, 0.25) is 0 Å². The van der Waals surface area contributed by atoms with Gasteiger partial charge in [0.25, 0.3) is 0 Å². The van der Waals surface area contributed by atoms with Crippen LogP contribution in [0.5, 0.6) is 0 Å². The Kier molecular flexibility index (Phi) is 5.33. The Morgan fingerprint density at radius 3 is 2.76 bits per heavy atom. The number of carbonyl (C=O) groups is 2. The van der Waals surface area contributed by atoms with Crippen molar-refractivity contribution in [1.82, 2.24) is 10.2 Å². The Balaban J connectivity index is 1.97. The summed E-state index contributed by atoms with van der Waals surface area (Å²) in [6, 6.07) is 9.39. The van der Waals surface area contributed by atoms with E-state index in [1.807, 2.05) is 30.3 Å². The second kappa shape index (κ2) is 7.22. The fourth-order valence-electron chi connectivity index (χ4n) is 2.40. The van der Waals surface area contributed by atoms with Crippen molar-refractivity contribution in [3.05, 3.63) is 35.9 Å². The van der Waals surface area contributed by atoms with E-state index in [4.69, 9.17) is 4.74 Å².